The minimum absolute atomic E-state index is 0.0822. The minimum Gasteiger partial charge on any atom is -0.420 e. The van der Waals surface area contributed by atoms with Crippen LogP contribution in [-0.2, 0) is 0 Å². The molecule has 0 radical (unpaired) electrons. The number of benzene rings is 1. The second-order valence-electron chi connectivity index (χ2n) is 5.89. The van der Waals surface area contributed by atoms with Crippen molar-refractivity contribution in [3.63, 3.8) is 0 Å². The quantitative estimate of drug-likeness (QED) is 0.752. The van der Waals surface area contributed by atoms with E-state index in [4.69, 9.17) is 10.5 Å². The Hall–Kier alpha value is -3.59. The number of allylic oxidation sites excluding steroid dienone is 1. The zero-order valence-corrected chi connectivity index (χ0v) is 13.5. The average molecular weight is 329 g/mol. The molecule has 122 valence electrons. The molecular formula is C19H15N5O. The van der Waals surface area contributed by atoms with Gasteiger partial charge in [-0.05, 0) is 24.6 Å². The van der Waals surface area contributed by atoms with Gasteiger partial charge >= 0.3 is 0 Å². The molecule has 0 fully saturated rings. The molecular weight excluding hydrogens is 314 g/mol. The zero-order valence-electron chi connectivity index (χ0n) is 13.5. The van der Waals surface area contributed by atoms with E-state index in [1.807, 2.05) is 43.3 Å². The number of nitriles is 1. The van der Waals surface area contributed by atoms with Crippen LogP contribution in [0.1, 0.15) is 22.6 Å². The maximum Gasteiger partial charge on any atom is 0.244 e. The van der Waals surface area contributed by atoms with Crippen molar-refractivity contribution in [3.05, 3.63) is 76.9 Å². The number of pyridine rings is 1. The Labute approximate surface area is 144 Å². The van der Waals surface area contributed by atoms with Crippen LogP contribution in [-0.4, -0.2) is 15.2 Å². The first kappa shape index (κ1) is 15.0. The summed E-state index contributed by atoms with van der Waals surface area (Å²) >= 11 is 0. The molecule has 2 aromatic heterocycles. The van der Waals surface area contributed by atoms with Crippen molar-refractivity contribution in [2.24, 2.45) is 5.73 Å². The Morgan fingerprint density at radius 1 is 1.16 bits per heavy atom. The number of rotatable bonds is 2. The van der Waals surface area contributed by atoms with E-state index in [1.165, 1.54) is 5.56 Å². The van der Waals surface area contributed by atoms with E-state index in [0.29, 0.717) is 11.5 Å². The van der Waals surface area contributed by atoms with Gasteiger partial charge in [0.2, 0.25) is 11.8 Å². The molecule has 25 heavy (non-hydrogen) atoms. The third kappa shape index (κ3) is 2.42. The molecule has 0 saturated carbocycles. The van der Waals surface area contributed by atoms with Gasteiger partial charge in [-0.2, -0.15) is 5.26 Å². The molecule has 3 aromatic rings. The first-order valence-electron chi connectivity index (χ1n) is 7.82. The van der Waals surface area contributed by atoms with Crippen LogP contribution in [0.15, 0.2) is 60.2 Å². The maximum atomic E-state index is 9.64. The number of aryl methyl sites for hydroxylation is 1. The second kappa shape index (κ2) is 5.80. The molecule has 6 nitrogen and oxygen atoms in total. The summed E-state index contributed by atoms with van der Waals surface area (Å²) < 4.78 is 5.59. The maximum absolute atomic E-state index is 9.64. The van der Waals surface area contributed by atoms with Crippen molar-refractivity contribution < 1.29 is 4.74 Å². The fraction of sp³-hybridized carbons (Fsp3) is 0.105. The summed E-state index contributed by atoms with van der Waals surface area (Å²) in [6, 6.07) is 14.0. The third-order valence-corrected chi connectivity index (χ3v) is 4.32. The smallest absolute Gasteiger partial charge is 0.244 e. The fourth-order valence-electron chi connectivity index (χ4n) is 3.07. The van der Waals surface area contributed by atoms with Crippen molar-refractivity contribution in [1.29, 1.82) is 5.26 Å². The van der Waals surface area contributed by atoms with E-state index in [9.17, 15) is 5.26 Å². The predicted molar refractivity (Wildman–Crippen MR) is 92.3 cm³/mol. The highest BCUT2D eigenvalue weighted by atomic mass is 16.5. The van der Waals surface area contributed by atoms with Gasteiger partial charge in [0, 0.05) is 18.0 Å². The van der Waals surface area contributed by atoms with Crippen molar-refractivity contribution in [2.75, 3.05) is 0 Å². The lowest BCUT2D eigenvalue weighted by Gasteiger charge is -2.24. The molecule has 0 aliphatic carbocycles. The van der Waals surface area contributed by atoms with Crippen LogP contribution in [0.5, 0.6) is 5.88 Å². The molecule has 4 rings (SSSR count). The summed E-state index contributed by atoms with van der Waals surface area (Å²) in [6.45, 7) is 2.03. The monoisotopic (exact) mass is 329 g/mol. The van der Waals surface area contributed by atoms with Gasteiger partial charge in [0.15, 0.2) is 0 Å². The van der Waals surface area contributed by atoms with E-state index in [1.54, 1.807) is 12.4 Å². The fourth-order valence-corrected chi connectivity index (χ4v) is 3.07. The van der Waals surface area contributed by atoms with Gasteiger partial charge in [0.25, 0.3) is 0 Å². The van der Waals surface area contributed by atoms with Crippen LogP contribution in [0, 0.1) is 18.3 Å². The standard InChI is InChI=1S/C19H15N5O/c1-11-2-4-13(5-3-11)17-16-15(12-6-8-22-9-7-12)14(10-20)18(21)25-19(16)24-23-17/h2-9,15H,21H2,1H3,(H,23,24)/t15-/m1/s1. The van der Waals surface area contributed by atoms with Crippen LogP contribution in [0.4, 0.5) is 0 Å². The first-order valence-corrected chi connectivity index (χ1v) is 7.82. The molecule has 0 spiro atoms. The number of nitrogens with one attached hydrogen (secondary N) is 1. The van der Waals surface area contributed by atoms with Crippen LogP contribution in [0.3, 0.4) is 0 Å². The Bertz CT molecular complexity index is 997. The molecule has 0 saturated heterocycles. The summed E-state index contributed by atoms with van der Waals surface area (Å²) in [7, 11) is 0. The van der Waals surface area contributed by atoms with Gasteiger partial charge in [-0.25, -0.2) is 0 Å². The summed E-state index contributed by atoms with van der Waals surface area (Å²) in [5, 5.41) is 16.9. The molecule has 1 aliphatic rings. The van der Waals surface area contributed by atoms with E-state index < -0.39 is 0 Å². The van der Waals surface area contributed by atoms with Crippen molar-refractivity contribution in [1.82, 2.24) is 15.2 Å². The molecule has 3 N–H and O–H groups in total. The van der Waals surface area contributed by atoms with Crippen LogP contribution < -0.4 is 10.5 Å². The lowest BCUT2D eigenvalue weighted by Crippen LogP contribution is -2.21. The van der Waals surface area contributed by atoms with Gasteiger partial charge in [0.1, 0.15) is 11.6 Å². The molecule has 0 bridgehead atoms. The SMILES string of the molecule is Cc1ccc(-c2[nH]nc3c2[C@H](c2ccncc2)C(C#N)=C(N)O3)cc1. The summed E-state index contributed by atoms with van der Waals surface area (Å²) in [6.07, 6.45) is 3.39. The van der Waals surface area contributed by atoms with Crippen molar-refractivity contribution >= 4 is 0 Å². The Balaban J connectivity index is 1.94. The highest BCUT2D eigenvalue weighted by molar-refractivity contribution is 5.70. The number of aromatic amines is 1. The zero-order chi connectivity index (χ0) is 17.4. The molecule has 3 heterocycles. The average Bonchev–Trinajstić information content (AvgIpc) is 3.05. The Kier molecular flexibility index (Phi) is 3.47. The van der Waals surface area contributed by atoms with Gasteiger partial charge in [-0.15, -0.1) is 5.10 Å². The number of hydrogen-bond donors (Lipinski definition) is 2. The molecule has 1 aromatic carbocycles. The van der Waals surface area contributed by atoms with Gasteiger partial charge in [-0.3, -0.25) is 10.1 Å². The largest absolute Gasteiger partial charge is 0.420 e. The van der Waals surface area contributed by atoms with Gasteiger partial charge in [-0.1, -0.05) is 29.8 Å². The first-order chi connectivity index (χ1) is 12.2. The Morgan fingerprint density at radius 2 is 1.88 bits per heavy atom. The number of fused-ring (bicyclic) bond motifs is 1. The van der Waals surface area contributed by atoms with E-state index >= 15 is 0 Å². The van der Waals surface area contributed by atoms with Crippen LogP contribution >= 0.6 is 0 Å². The number of H-pyrrole nitrogens is 1. The summed E-state index contributed by atoms with van der Waals surface area (Å²) in [4.78, 5) is 4.06. The molecule has 6 heteroatoms. The topological polar surface area (TPSA) is 101 Å². The highest BCUT2D eigenvalue weighted by Crippen LogP contribution is 2.45. The molecule has 1 aliphatic heterocycles. The lowest BCUT2D eigenvalue weighted by atomic mass is 9.83. The number of nitrogens with zero attached hydrogens (tertiary/aromatic N) is 3. The Morgan fingerprint density at radius 3 is 2.56 bits per heavy atom. The highest BCUT2D eigenvalue weighted by Gasteiger charge is 2.35. The minimum atomic E-state index is -0.355. The van der Waals surface area contributed by atoms with Crippen LogP contribution in [0.25, 0.3) is 11.3 Å². The van der Waals surface area contributed by atoms with Gasteiger partial charge < -0.3 is 10.5 Å². The summed E-state index contributed by atoms with van der Waals surface area (Å²) in [5.74, 6) is 0.124. The molecule has 0 amide bonds. The van der Waals surface area contributed by atoms with Crippen molar-refractivity contribution in [2.45, 2.75) is 12.8 Å². The van der Waals surface area contributed by atoms with E-state index in [-0.39, 0.29) is 11.8 Å². The van der Waals surface area contributed by atoms with Crippen molar-refractivity contribution in [3.8, 4) is 23.2 Å². The third-order valence-electron chi connectivity index (χ3n) is 4.32. The van der Waals surface area contributed by atoms with Gasteiger partial charge in [0.05, 0.1) is 17.2 Å². The number of nitrogens with two attached hydrogens (primary N) is 1. The van der Waals surface area contributed by atoms with E-state index in [2.05, 4.69) is 21.3 Å². The lowest BCUT2D eigenvalue weighted by molar-refractivity contribution is 0.379. The number of ether oxygens (including phenoxy) is 1. The predicted octanol–water partition coefficient (Wildman–Crippen LogP) is 3.00. The second-order valence-corrected chi connectivity index (χ2v) is 5.89. The molecule has 0 unspecified atom stereocenters. The number of hydrogen-bond acceptors (Lipinski definition) is 5. The normalized spacial score (nSPS) is 16.1. The molecule has 1 atom stereocenters. The summed E-state index contributed by atoms with van der Waals surface area (Å²) in [5.41, 5.74) is 11.0. The van der Waals surface area contributed by atoms with Crippen LogP contribution in [0.2, 0.25) is 0 Å². The van der Waals surface area contributed by atoms with E-state index in [0.717, 1.165) is 22.4 Å². The number of aromatic nitrogens is 3.